The second kappa shape index (κ2) is 7.18. The van der Waals surface area contributed by atoms with E-state index in [1.54, 1.807) is 0 Å². The molecule has 7 nitrogen and oxygen atoms in total. The number of rotatable bonds is 5. The zero-order chi connectivity index (χ0) is 18.1. The number of benzene rings is 1. The summed E-state index contributed by atoms with van der Waals surface area (Å²) in [7, 11) is -2.15. The molecular formula is C16H26N4O3S. The van der Waals surface area contributed by atoms with E-state index in [1.807, 2.05) is 45.9 Å². The number of likely N-dealkylation sites (N-methyl/N-ethyl adjacent to an activating group) is 1. The average Bonchev–Trinajstić information content (AvgIpc) is 2.82. The van der Waals surface area contributed by atoms with Crippen molar-refractivity contribution in [2.24, 2.45) is 0 Å². The van der Waals surface area contributed by atoms with Crippen molar-refractivity contribution in [2.75, 3.05) is 18.9 Å². The molecule has 8 heteroatoms. The van der Waals surface area contributed by atoms with Gasteiger partial charge < -0.3 is 5.32 Å². The molecule has 0 aromatic heterocycles. The summed E-state index contributed by atoms with van der Waals surface area (Å²) < 4.78 is 26.6. The summed E-state index contributed by atoms with van der Waals surface area (Å²) in [6, 6.07) is 5.30. The highest BCUT2D eigenvalue weighted by Crippen LogP contribution is 2.20. The van der Waals surface area contributed by atoms with Crippen LogP contribution in [0.25, 0.3) is 0 Å². The standard InChI is InChI=1S/C16H26N4O3S/c1-10-6-7-11(2)14(8-10)17-15(21)9-20(5)24(22,23)16-12(3)18-19-13(16)4/h6-8,12-13,16,18-19H,9H2,1-5H3,(H,17,21). The summed E-state index contributed by atoms with van der Waals surface area (Å²) >= 11 is 0. The molecule has 24 heavy (non-hydrogen) atoms. The lowest BCUT2D eigenvalue weighted by Crippen LogP contribution is -2.47. The van der Waals surface area contributed by atoms with Crippen molar-refractivity contribution < 1.29 is 13.2 Å². The van der Waals surface area contributed by atoms with Crippen molar-refractivity contribution in [3.05, 3.63) is 29.3 Å². The number of anilines is 1. The second-order valence-electron chi connectivity index (χ2n) is 6.50. The van der Waals surface area contributed by atoms with Crippen LogP contribution in [0.4, 0.5) is 5.69 Å². The van der Waals surface area contributed by atoms with Crippen LogP contribution in [0.5, 0.6) is 0 Å². The lowest BCUT2D eigenvalue weighted by atomic mass is 10.1. The van der Waals surface area contributed by atoms with E-state index in [2.05, 4.69) is 16.2 Å². The summed E-state index contributed by atoms with van der Waals surface area (Å²) in [5.41, 5.74) is 8.53. The Balaban J connectivity index is 2.07. The molecule has 0 spiro atoms. The molecule has 0 saturated carbocycles. The van der Waals surface area contributed by atoms with Gasteiger partial charge in [0.05, 0.1) is 6.54 Å². The SMILES string of the molecule is Cc1ccc(C)c(NC(=O)CN(C)S(=O)(=O)C2C(C)NNC2C)c1. The zero-order valence-electron chi connectivity index (χ0n) is 14.8. The molecule has 1 heterocycles. The molecule has 2 atom stereocenters. The first kappa shape index (κ1) is 18.9. The van der Waals surface area contributed by atoms with Crippen LogP contribution in [0.2, 0.25) is 0 Å². The van der Waals surface area contributed by atoms with Gasteiger partial charge in [-0.3, -0.25) is 15.6 Å². The molecule has 2 unspecified atom stereocenters. The predicted octanol–water partition coefficient (Wildman–Crippen LogP) is 0.757. The summed E-state index contributed by atoms with van der Waals surface area (Å²) in [4.78, 5) is 12.3. The molecule has 1 aromatic rings. The first-order valence-electron chi connectivity index (χ1n) is 7.96. The second-order valence-corrected chi connectivity index (χ2v) is 8.70. The third-order valence-corrected chi connectivity index (χ3v) is 6.84. The van der Waals surface area contributed by atoms with Crippen molar-refractivity contribution >= 4 is 21.6 Å². The maximum Gasteiger partial charge on any atom is 0.239 e. The Hall–Kier alpha value is -1.48. The van der Waals surface area contributed by atoms with Gasteiger partial charge in [-0.25, -0.2) is 8.42 Å². The molecule has 1 amide bonds. The third kappa shape index (κ3) is 3.94. The molecule has 1 aliphatic rings. The van der Waals surface area contributed by atoms with Crippen LogP contribution in [0, 0.1) is 13.8 Å². The summed E-state index contributed by atoms with van der Waals surface area (Å²) in [6.07, 6.45) is 0. The van der Waals surface area contributed by atoms with E-state index >= 15 is 0 Å². The van der Waals surface area contributed by atoms with Crippen LogP contribution in [-0.2, 0) is 14.8 Å². The van der Waals surface area contributed by atoms with E-state index in [-0.39, 0.29) is 24.5 Å². The van der Waals surface area contributed by atoms with Crippen molar-refractivity contribution in [2.45, 2.75) is 45.0 Å². The Bertz CT molecular complexity index is 710. The summed E-state index contributed by atoms with van der Waals surface area (Å²) in [6.45, 7) is 7.24. The zero-order valence-corrected chi connectivity index (χ0v) is 15.6. The third-order valence-electron chi connectivity index (χ3n) is 4.34. The number of hydrogen-bond acceptors (Lipinski definition) is 5. The molecule has 3 N–H and O–H groups in total. The molecule has 1 aliphatic heterocycles. The van der Waals surface area contributed by atoms with Gasteiger partial charge in [0.2, 0.25) is 15.9 Å². The van der Waals surface area contributed by atoms with Gasteiger partial charge in [-0.1, -0.05) is 12.1 Å². The molecule has 0 aliphatic carbocycles. The van der Waals surface area contributed by atoms with Crippen molar-refractivity contribution in [1.82, 2.24) is 15.2 Å². The molecule has 1 saturated heterocycles. The minimum atomic E-state index is -3.60. The number of aryl methyl sites for hydroxylation is 2. The smallest absolute Gasteiger partial charge is 0.239 e. The molecule has 134 valence electrons. The Labute approximate surface area is 143 Å². The van der Waals surface area contributed by atoms with Gasteiger partial charge in [-0.2, -0.15) is 4.31 Å². The monoisotopic (exact) mass is 354 g/mol. The van der Waals surface area contributed by atoms with E-state index in [1.165, 1.54) is 7.05 Å². The van der Waals surface area contributed by atoms with E-state index in [4.69, 9.17) is 0 Å². The number of nitrogens with zero attached hydrogens (tertiary/aromatic N) is 1. The Morgan fingerprint density at radius 1 is 1.21 bits per heavy atom. The minimum Gasteiger partial charge on any atom is -0.325 e. The van der Waals surface area contributed by atoms with Crippen LogP contribution in [0.3, 0.4) is 0 Å². The highest BCUT2D eigenvalue weighted by Gasteiger charge is 2.42. The molecule has 2 rings (SSSR count). The van der Waals surface area contributed by atoms with E-state index in [0.717, 1.165) is 15.4 Å². The summed E-state index contributed by atoms with van der Waals surface area (Å²) in [5.74, 6) is -0.353. The lowest BCUT2D eigenvalue weighted by molar-refractivity contribution is -0.116. The first-order valence-corrected chi connectivity index (χ1v) is 9.46. The molecular weight excluding hydrogens is 328 g/mol. The lowest BCUT2D eigenvalue weighted by Gasteiger charge is -2.25. The Morgan fingerprint density at radius 2 is 1.79 bits per heavy atom. The Morgan fingerprint density at radius 3 is 2.38 bits per heavy atom. The fraction of sp³-hybridized carbons (Fsp3) is 0.562. The number of amides is 1. The van der Waals surface area contributed by atoms with Gasteiger partial charge in [0.1, 0.15) is 5.25 Å². The number of carbonyl (C=O) groups excluding carboxylic acids is 1. The van der Waals surface area contributed by atoms with Crippen LogP contribution >= 0.6 is 0 Å². The largest absolute Gasteiger partial charge is 0.325 e. The highest BCUT2D eigenvalue weighted by atomic mass is 32.2. The van der Waals surface area contributed by atoms with E-state index in [0.29, 0.717) is 5.69 Å². The molecule has 0 bridgehead atoms. The van der Waals surface area contributed by atoms with E-state index < -0.39 is 15.3 Å². The van der Waals surface area contributed by atoms with E-state index in [9.17, 15) is 13.2 Å². The fourth-order valence-electron chi connectivity index (χ4n) is 2.94. The van der Waals surface area contributed by atoms with Crippen LogP contribution in [-0.4, -0.2) is 49.6 Å². The van der Waals surface area contributed by atoms with Gasteiger partial charge in [-0.05, 0) is 44.9 Å². The van der Waals surface area contributed by atoms with Crippen molar-refractivity contribution in [1.29, 1.82) is 0 Å². The van der Waals surface area contributed by atoms with Gasteiger partial charge >= 0.3 is 0 Å². The normalized spacial score (nSPS) is 24.3. The van der Waals surface area contributed by atoms with Crippen LogP contribution in [0.1, 0.15) is 25.0 Å². The van der Waals surface area contributed by atoms with Crippen molar-refractivity contribution in [3.8, 4) is 0 Å². The highest BCUT2D eigenvalue weighted by molar-refractivity contribution is 7.89. The quantitative estimate of drug-likeness (QED) is 0.726. The topological polar surface area (TPSA) is 90.5 Å². The van der Waals surface area contributed by atoms with Crippen molar-refractivity contribution in [3.63, 3.8) is 0 Å². The van der Waals surface area contributed by atoms with Crippen LogP contribution in [0.15, 0.2) is 18.2 Å². The summed E-state index contributed by atoms with van der Waals surface area (Å²) in [5, 5.41) is 2.18. The van der Waals surface area contributed by atoms with Gasteiger partial charge in [0, 0.05) is 24.8 Å². The minimum absolute atomic E-state index is 0.217. The maximum atomic E-state index is 12.7. The fourth-order valence-corrected chi connectivity index (χ4v) is 4.82. The van der Waals surface area contributed by atoms with Gasteiger partial charge in [0.25, 0.3) is 0 Å². The number of carbonyl (C=O) groups is 1. The van der Waals surface area contributed by atoms with Gasteiger partial charge in [-0.15, -0.1) is 0 Å². The maximum absolute atomic E-state index is 12.7. The average molecular weight is 354 g/mol. The molecule has 1 aromatic carbocycles. The Kier molecular flexibility index (Phi) is 5.64. The van der Waals surface area contributed by atoms with Crippen LogP contribution < -0.4 is 16.2 Å². The predicted molar refractivity (Wildman–Crippen MR) is 95.1 cm³/mol. The van der Waals surface area contributed by atoms with Gasteiger partial charge in [0.15, 0.2) is 0 Å². The first-order chi connectivity index (χ1) is 11.1. The number of hydrogen-bond donors (Lipinski definition) is 3. The number of hydrazine groups is 1. The molecule has 1 fully saturated rings. The molecule has 0 radical (unpaired) electrons. The number of sulfonamides is 1. The number of nitrogens with one attached hydrogen (secondary N) is 3.